The number of aromatic nitrogens is 1. The van der Waals surface area contributed by atoms with E-state index < -0.39 is 0 Å². The Balaban J connectivity index is 2.15. The fourth-order valence-electron chi connectivity index (χ4n) is 2.37. The highest BCUT2D eigenvalue weighted by Gasteiger charge is 2.11. The van der Waals surface area contributed by atoms with Crippen molar-refractivity contribution in [3.8, 4) is 0 Å². The van der Waals surface area contributed by atoms with Crippen molar-refractivity contribution in [2.24, 2.45) is 0 Å². The van der Waals surface area contributed by atoms with Crippen LogP contribution in [0.4, 0.5) is 0 Å². The molecular formula is C16H14BrN. The lowest BCUT2D eigenvalue weighted by molar-refractivity contribution is 0.813. The Kier molecular flexibility index (Phi) is 2.96. The van der Waals surface area contributed by atoms with Crippen LogP contribution in [-0.2, 0) is 6.54 Å². The zero-order valence-electron chi connectivity index (χ0n) is 10.2. The number of hydrogen-bond acceptors (Lipinski definition) is 0. The predicted molar refractivity (Wildman–Crippen MR) is 79.9 cm³/mol. The van der Waals surface area contributed by atoms with Gasteiger partial charge in [0.25, 0.3) is 0 Å². The second-order valence-corrected chi connectivity index (χ2v) is 5.26. The monoisotopic (exact) mass is 299 g/mol. The summed E-state index contributed by atoms with van der Waals surface area (Å²) in [6.45, 7) is 3.06. The molecule has 0 bridgehead atoms. The first kappa shape index (κ1) is 11.5. The Bertz CT molecular complexity index is 683. The average molecular weight is 300 g/mol. The summed E-state index contributed by atoms with van der Waals surface area (Å²) >= 11 is 3.71. The van der Waals surface area contributed by atoms with E-state index in [0.29, 0.717) is 0 Å². The maximum Gasteiger partial charge on any atom is 0.0890 e. The number of rotatable bonds is 2. The SMILES string of the molecule is Cc1c(Br)n(Cc2ccccc2)c2ccccc12. The minimum Gasteiger partial charge on any atom is -0.331 e. The van der Waals surface area contributed by atoms with Crippen molar-refractivity contribution in [1.29, 1.82) is 0 Å². The first-order valence-electron chi connectivity index (χ1n) is 6.04. The normalized spacial score (nSPS) is 11.0. The molecule has 0 N–H and O–H groups in total. The Hall–Kier alpha value is -1.54. The van der Waals surface area contributed by atoms with Crippen molar-refractivity contribution in [1.82, 2.24) is 4.57 Å². The number of hydrogen-bond donors (Lipinski definition) is 0. The smallest absolute Gasteiger partial charge is 0.0890 e. The third-order valence-electron chi connectivity index (χ3n) is 3.33. The average Bonchev–Trinajstić information content (AvgIpc) is 2.66. The Labute approximate surface area is 115 Å². The lowest BCUT2D eigenvalue weighted by atomic mass is 10.2. The summed E-state index contributed by atoms with van der Waals surface area (Å²) in [7, 11) is 0. The van der Waals surface area contributed by atoms with Crippen molar-refractivity contribution in [2.75, 3.05) is 0 Å². The third-order valence-corrected chi connectivity index (χ3v) is 4.35. The van der Waals surface area contributed by atoms with Crippen molar-refractivity contribution < 1.29 is 0 Å². The van der Waals surface area contributed by atoms with Crippen molar-refractivity contribution >= 4 is 26.8 Å². The summed E-state index contributed by atoms with van der Waals surface area (Å²) in [5.41, 5.74) is 3.91. The van der Waals surface area contributed by atoms with Gasteiger partial charge in [0.1, 0.15) is 0 Å². The van der Waals surface area contributed by atoms with E-state index in [0.717, 1.165) is 6.54 Å². The van der Waals surface area contributed by atoms with Gasteiger partial charge in [-0.05, 0) is 40.0 Å². The van der Waals surface area contributed by atoms with E-state index in [1.807, 2.05) is 0 Å². The molecule has 0 saturated heterocycles. The molecule has 1 heterocycles. The van der Waals surface area contributed by atoms with E-state index in [9.17, 15) is 0 Å². The second kappa shape index (κ2) is 4.62. The number of para-hydroxylation sites is 1. The summed E-state index contributed by atoms with van der Waals surface area (Å²) < 4.78 is 3.49. The zero-order valence-corrected chi connectivity index (χ0v) is 11.8. The minimum atomic E-state index is 0.899. The van der Waals surface area contributed by atoms with E-state index in [2.05, 4.69) is 82.0 Å². The van der Waals surface area contributed by atoms with Crippen molar-refractivity contribution in [2.45, 2.75) is 13.5 Å². The summed E-state index contributed by atoms with van der Waals surface area (Å²) in [5.74, 6) is 0. The molecule has 0 radical (unpaired) electrons. The van der Waals surface area contributed by atoms with Crippen LogP contribution < -0.4 is 0 Å². The number of halogens is 1. The van der Waals surface area contributed by atoms with Gasteiger partial charge in [0.2, 0.25) is 0 Å². The standard InChI is InChI=1S/C16H14BrN/c1-12-14-9-5-6-10-15(14)18(16(12)17)11-13-7-3-2-4-8-13/h2-10H,11H2,1H3. The van der Waals surface area contributed by atoms with Crippen molar-refractivity contribution in [3.63, 3.8) is 0 Å². The van der Waals surface area contributed by atoms with Crippen LogP contribution >= 0.6 is 15.9 Å². The Morgan fingerprint density at radius 2 is 1.61 bits per heavy atom. The topological polar surface area (TPSA) is 4.93 Å². The number of benzene rings is 2. The van der Waals surface area contributed by atoms with Crippen LogP contribution in [0.1, 0.15) is 11.1 Å². The van der Waals surface area contributed by atoms with E-state index in [4.69, 9.17) is 0 Å². The third kappa shape index (κ3) is 1.87. The Morgan fingerprint density at radius 3 is 2.39 bits per heavy atom. The quantitative estimate of drug-likeness (QED) is 0.643. The Morgan fingerprint density at radius 1 is 0.944 bits per heavy atom. The molecule has 18 heavy (non-hydrogen) atoms. The van der Waals surface area contributed by atoms with Crippen molar-refractivity contribution in [3.05, 3.63) is 70.3 Å². The van der Waals surface area contributed by atoms with Crippen LogP contribution in [0.3, 0.4) is 0 Å². The molecule has 1 nitrogen and oxygen atoms in total. The maximum absolute atomic E-state index is 3.71. The predicted octanol–water partition coefficient (Wildman–Crippen LogP) is 4.76. The molecule has 0 aliphatic heterocycles. The van der Waals surface area contributed by atoms with Gasteiger partial charge in [-0.2, -0.15) is 0 Å². The van der Waals surface area contributed by atoms with E-state index >= 15 is 0 Å². The number of nitrogens with zero attached hydrogens (tertiary/aromatic N) is 1. The zero-order chi connectivity index (χ0) is 12.5. The summed E-state index contributed by atoms with van der Waals surface area (Å²) in [5, 5.41) is 1.32. The van der Waals surface area contributed by atoms with Crippen LogP contribution in [0.25, 0.3) is 10.9 Å². The number of aryl methyl sites for hydroxylation is 1. The molecule has 0 aliphatic carbocycles. The summed E-state index contributed by atoms with van der Waals surface area (Å²) in [4.78, 5) is 0. The van der Waals surface area contributed by atoms with E-state index in [1.54, 1.807) is 0 Å². The maximum atomic E-state index is 3.71. The highest BCUT2D eigenvalue weighted by atomic mass is 79.9. The van der Waals surface area contributed by atoms with Gasteiger partial charge >= 0.3 is 0 Å². The highest BCUT2D eigenvalue weighted by molar-refractivity contribution is 9.10. The molecule has 0 unspecified atom stereocenters. The van der Waals surface area contributed by atoms with Gasteiger partial charge in [-0.3, -0.25) is 0 Å². The van der Waals surface area contributed by atoms with Crippen LogP contribution in [0.15, 0.2) is 59.2 Å². The van der Waals surface area contributed by atoms with Gasteiger partial charge in [0, 0.05) is 17.4 Å². The molecule has 0 fully saturated rings. The summed E-state index contributed by atoms with van der Waals surface area (Å²) in [6, 6.07) is 19.1. The molecule has 2 heteroatoms. The van der Waals surface area contributed by atoms with Crippen LogP contribution in [0.5, 0.6) is 0 Å². The molecule has 90 valence electrons. The fourth-order valence-corrected chi connectivity index (χ4v) is 2.90. The molecule has 2 aromatic carbocycles. The molecular weight excluding hydrogens is 286 g/mol. The molecule has 1 aromatic heterocycles. The van der Waals surface area contributed by atoms with Gasteiger partial charge in [-0.25, -0.2) is 0 Å². The first-order valence-corrected chi connectivity index (χ1v) is 6.84. The van der Waals surface area contributed by atoms with Crippen LogP contribution in [0.2, 0.25) is 0 Å². The molecule has 0 amide bonds. The molecule has 0 spiro atoms. The van der Waals surface area contributed by atoms with Gasteiger partial charge in [-0.15, -0.1) is 0 Å². The minimum absolute atomic E-state index is 0.899. The molecule has 0 atom stereocenters. The first-order chi connectivity index (χ1) is 8.77. The van der Waals surface area contributed by atoms with Gasteiger partial charge in [0.15, 0.2) is 0 Å². The fraction of sp³-hybridized carbons (Fsp3) is 0.125. The molecule has 0 aliphatic rings. The van der Waals surface area contributed by atoms with Gasteiger partial charge < -0.3 is 4.57 Å². The van der Waals surface area contributed by atoms with E-state index in [-0.39, 0.29) is 0 Å². The molecule has 3 rings (SSSR count). The second-order valence-electron chi connectivity index (χ2n) is 4.50. The van der Waals surface area contributed by atoms with Gasteiger partial charge in [-0.1, -0.05) is 48.5 Å². The van der Waals surface area contributed by atoms with Crippen LogP contribution in [0, 0.1) is 6.92 Å². The van der Waals surface area contributed by atoms with E-state index in [1.165, 1.54) is 26.6 Å². The van der Waals surface area contributed by atoms with Gasteiger partial charge in [0.05, 0.1) is 4.60 Å². The largest absolute Gasteiger partial charge is 0.331 e. The molecule has 3 aromatic rings. The summed E-state index contributed by atoms with van der Waals surface area (Å²) in [6.07, 6.45) is 0. The lowest BCUT2D eigenvalue weighted by Crippen LogP contribution is -1.99. The highest BCUT2D eigenvalue weighted by Crippen LogP contribution is 2.30. The van der Waals surface area contributed by atoms with Crippen LogP contribution in [-0.4, -0.2) is 4.57 Å². The lowest BCUT2D eigenvalue weighted by Gasteiger charge is -2.07. The number of fused-ring (bicyclic) bond motifs is 1. The molecule has 0 saturated carbocycles.